The highest BCUT2D eigenvalue weighted by molar-refractivity contribution is 6.11. The molecule has 1 aliphatic rings. The summed E-state index contributed by atoms with van der Waals surface area (Å²) in [4.78, 5) is 16.3. The van der Waals surface area contributed by atoms with Gasteiger partial charge in [0.1, 0.15) is 11.5 Å². The Morgan fingerprint density at radius 3 is 2.46 bits per heavy atom. The third kappa shape index (κ3) is 4.00. The molecule has 26 heavy (non-hydrogen) atoms. The fourth-order valence-corrected chi connectivity index (χ4v) is 2.44. The van der Waals surface area contributed by atoms with Gasteiger partial charge < -0.3 is 14.2 Å². The molecule has 0 aromatic heterocycles. The minimum Gasteiger partial charge on any atom is -0.497 e. The largest absolute Gasteiger partial charge is 0.497 e. The van der Waals surface area contributed by atoms with E-state index in [1.54, 1.807) is 44.6 Å². The number of rotatable bonds is 5. The average Bonchev–Trinajstić information content (AvgIpc) is 3.00. The normalized spacial score (nSPS) is 15.3. The summed E-state index contributed by atoms with van der Waals surface area (Å²) in [7, 11) is 3.14. The van der Waals surface area contributed by atoms with Gasteiger partial charge in [-0.25, -0.2) is 9.79 Å². The number of nitrogens with zero attached hydrogens (tertiary/aromatic N) is 1. The van der Waals surface area contributed by atoms with Gasteiger partial charge >= 0.3 is 5.97 Å². The molecule has 5 nitrogen and oxygen atoms in total. The molecule has 0 unspecified atom stereocenters. The Labute approximate surface area is 152 Å². The van der Waals surface area contributed by atoms with Crippen LogP contribution in [0, 0.1) is 6.92 Å². The summed E-state index contributed by atoms with van der Waals surface area (Å²) in [5.41, 5.74) is 3.08. The summed E-state index contributed by atoms with van der Waals surface area (Å²) in [6, 6.07) is 13.3. The lowest BCUT2D eigenvalue weighted by Crippen LogP contribution is -2.01. The summed E-state index contributed by atoms with van der Waals surface area (Å²) < 4.78 is 15.7. The van der Waals surface area contributed by atoms with Crippen molar-refractivity contribution in [3.8, 4) is 11.5 Å². The number of methoxy groups -OCH3 is 2. The quantitative estimate of drug-likeness (QED) is 0.604. The van der Waals surface area contributed by atoms with E-state index in [-0.39, 0.29) is 11.6 Å². The summed E-state index contributed by atoms with van der Waals surface area (Å²) in [6.45, 7) is 2.03. The van der Waals surface area contributed by atoms with E-state index in [1.165, 1.54) is 5.56 Å². The molecular weight excluding hydrogens is 330 g/mol. The van der Waals surface area contributed by atoms with Crippen LogP contribution in [0.4, 0.5) is 0 Å². The van der Waals surface area contributed by atoms with Crippen molar-refractivity contribution in [2.75, 3.05) is 14.2 Å². The highest BCUT2D eigenvalue weighted by atomic mass is 16.6. The molecule has 0 N–H and O–H groups in total. The molecule has 2 aromatic rings. The molecule has 0 fully saturated rings. The van der Waals surface area contributed by atoms with E-state index in [1.807, 2.05) is 37.3 Å². The standard InChI is InChI=1S/C21H19NO4/c1-14-4-6-15(7-5-14)8-11-20-22-18(21(23)26-20)13-16-12-17(24-2)9-10-19(16)25-3/h4-13H,1-3H3/b11-8+,18-13?. The first-order chi connectivity index (χ1) is 12.6. The van der Waals surface area contributed by atoms with Gasteiger partial charge in [0, 0.05) is 11.6 Å². The molecule has 1 heterocycles. The van der Waals surface area contributed by atoms with E-state index in [2.05, 4.69) is 4.99 Å². The van der Waals surface area contributed by atoms with E-state index >= 15 is 0 Å². The van der Waals surface area contributed by atoms with Crippen LogP contribution in [0.3, 0.4) is 0 Å². The molecule has 0 bridgehead atoms. The molecular formula is C21H19NO4. The third-order valence-corrected chi connectivity index (χ3v) is 3.86. The summed E-state index contributed by atoms with van der Waals surface area (Å²) >= 11 is 0. The van der Waals surface area contributed by atoms with Crippen molar-refractivity contribution in [3.63, 3.8) is 0 Å². The van der Waals surface area contributed by atoms with Crippen LogP contribution in [0.5, 0.6) is 11.5 Å². The molecule has 0 amide bonds. The lowest BCUT2D eigenvalue weighted by atomic mass is 10.1. The zero-order valence-corrected chi connectivity index (χ0v) is 14.9. The Morgan fingerprint density at radius 1 is 1.00 bits per heavy atom. The molecule has 1 aliphatic heterocycles. The summed E-state index contributed by atoms with van der Waals surface area (Å²) in [5.74, 6) is 1.03. The maximum absolute atomic E-state index is 12.1. The van der Waals surface area contributed by atoms with Gasteiger partial charge in [-0.15, -0.1) is 0 Å². The number of benzene rings is 2. The second kappa shape index (κ2) is 7.70. The van der Waals surface area contributed by atoms with Crippen LogP contribution in [0.2, 0.25) is 0 Å². The first kappa shape index (κ1) is 17.5. The van der Waals surface area contributed by atoms with E-state index in [9.17, 15) is 4.79 Å². The number of hydrogen-bond donors (Lipinski definition) is 0. The minimum atomic E-state index is -0.501. The second-order valence-corrected chi connectivity index (χ2v) is 5.72. The van der Waals surface area contributed by atoms with Crippen LogP contribution >= 0.6 is 0 Å². The van der Waals surface area contributed by atoms with Crippen molar-refractivity contribution in [2.45, 2.75) is 6.92 Å². The Hall–Kier alpha value is -3.34. The maximum Gasteiger partial charge on any atom is 0.363 e. The molecule has 0 saturated carbocycles. The van der Waals surface area contributed by atoms with Crippen LogP contribution in [-0.4, -0.2) is 26.1 Å². The van der Waals surface area contributed by atoms with E-state index in [0.29, 0.717) is 17.1 Å². The Morgan fingerprint density at radius 2 is 1.77 bits per heavy atom. The highest BCUT2D eigenvalue weighted by Crippen LogP contribution is 2.27. The number of ether oxygens (including phenoxy) is 3. The van der Waals surface area contributed by atoms with E-state index in [4.69, 9.17) is 14.2 Å². The van der Waals surface area contributed by atoms with Crippen LogP contribution in [-0.2, 0) is 9.53 Å². The third-order valence-electron chi connectivity index (χ3n) is 3.86. The predicted molar refractivity (Wildman–Crippen MR) is 101 cm³/mol. The van der Waals surface area contributed by atoms with Gasteiger partial charge in [-0.3, -0.25) is 0 Å². The van der Waals surface area contributed by atoms with Crippen molar-refractivity contribution >= 4 is 24.0 Å². The van der Waals surface area contributed by atoms with Crippen LogP contribution in [0.15, 0.2) is 59.2 Å². The van der Waals surface area contributed by atoms with Gasteiger partial charge in [-0.2, -0.15) is 0 Å². The average molecular weight is 349 g/mol. The van der Waals surface area contributed by atoms with Crippen molar-refractivity contribution in [1.29, 1.82) is 0 Å². The molecule has 0 radical (unpaired) electrons. The van der Waals surface area contributed by atoms with E-state index in [0.717, 1.165) is 5.56 Å². The number of carbonyl (C=O) groups excluding carboxylic acids is 1. The van der Waals surface area contributed by atoms with Crippen molar-refractivity contribution in [2.24, 2.45) is 4.99 Å². The van der Waals surface area contributed by atoms with Crippen molar-refractivity contribution < 1.29 is 19.0 Å². The lowest BCUT2D eigenvalue weighted by Gasteiger charge is -2.07. The van der Waals surface area contributed by atoms with Crippen molar-refractivity contribution in [3.05, 3.63) is 70.9 Å². The number of hydrogen-bond acceptors (Lipinski definition) is 5. The first-order valence-electron chi connectivity index (χ1n) is 8.08. The van der Waals surface area contributed by atoms with Crippen LogP contribution < -0.4 is 9.47 Å². The Balaban J connectivity index is 1.86. The van der Waals surface area contributed by atoms with Gasteiger partial charge in [-0.05, 0) is 42.8 Å². The number of esters is 1. The van der Waals surface area contributed by atoms with Crippen LogP contribution in [0.1, 0.15) is 16.7 Å². The van der Waals surface area contributed by atoms with Crippen molar-refractivity contribution in [1.82, 2.24) is 0 Å². The lowest BCUT2D eigenvalue weighted by molar-refractivity contribution is -0.129. The van der Waals surface area contributed by atoms with Gasteiger partial charge in [0.25, 0.3) is 0 Å². The molecule has 3 rings (SSSR count). The monoisotopic (exact) mass is 349 g/mol. The maximum atomic E-state index is 12.1. The number of aliphatic imine (C=N–C) groups is 1. The molecule has 0 aliphatic carbocycles. The predicted octanol–water partition coefficient (Wildman–Crippen LogP) is 4.02. The van der Waals surface area contributed by atoms with Gasteiger partial charge in [-0.1, -0.05) is 29.8 Å². The van der Waals surface area contributed by atoms with E-state index < -0.39 is 5.97 Å². The molecule has 2 aromatic carbocycles. The Bertz CT molecular complexity index is 908. The number of carbonyl (C=O) groups is 1. The zero-order chi connectivity index (χ0) is 18.5. The molecule has 0 saturated heterocycles. The minimum absolute atomic E-state index is 0.208. The fraction of sp³-hybridized carbons (Fsp3) is 0.143. The summed E-state index contributed by atoms with van der Waals surface area (Å²) in [6.07, 6.45) is 5.14. The number of aryl methyl sites for hydroxylation is 1. The second-order valence-electron chi connectivity index (χ2n) is 5.72. The summed E-state index contributed by atoms with van der Waals surface area (Å²) in [5, 5.41) is 0. The first-order valence-corrected chi connectivity index (χ1v) is 8.08. The Kier molecular flexibility index (Phi) is 5.17. The molecule has 0 spiro atoms. The number of cyclic esters (lactones) is 1. The smallest absolute Gasteiger partial charge is 0.363 e. The van der Waals surface area contributed by atoms with Crippen LogP contribution in [0.25, 0.3) is 12.2 Å². The SMILES string of the molecule is COc1ccc(OC)c(C=C2N=C(/C=C/c3ccc(C)cc3)OC2=O)c1. The van der Waals surface area contributed by atoms with Gasteiger partial charge in [0.2, 0.25) is 5.90 Å². The molecule has 132 valence electrons. The van der Waals surface area contributed by atoms with Gasteiger partial charge in [0.05, 0.1) is 14.2 Å². The fourth-order valence-electron chi connectivity index (χ4n) is 2.44. The molecule has 5 heteroatoms. The molecule has 0 atom stereocenters. The zero-order valence-electron chi connectivity index (χ0n) is 14.9. The highest BCUT2D eigenvalue weighted by Gasteiger charge is 2.21. The van der Waals surface area contributed by atoms with Gasteiger partial charge in [0.15, 0.2) is 5.70 Å². The topological polar surface area (TPSA) is 57.1 Å².